The summed E-state index contributed by atoms with van der Waals surface area (Å²) in [7, 11) is 1.28. The van der Waals surface area contributed by atoms with Gasteiger partial charge < -0.3 is 9.47 Å². The van der Waals surface area contributed by atoms with Crippen molar-refractivity contribution in [2.24, 2.45) is 0 Å². The van der Waals surface area contributed by atoms with Crippen LogP contribution in [-0.4, -0.2) is 31.4 Å². The Kier molecular flexibility index (Phi) is 5.69. The van der Waals surface area contributed by atoms with Crippen LogP contribution >= 0.6 is 0 Å². The van der Waals surface area contributed by atoms with Gasteiger partial charge in [-0.05, 0) is 20.8 Å². The van der Waals surface area contributed by atoms with Crippen LogP contribution < -0.4 is 5.48 Å². The average Bonchev–Trinajstić information content (AvgIpc) is 2.09. The molecule has 88 valence electrons. The highest BCUT2D eigenvalue weighted by molar-refractivity contribution is 5.69. The third-order valence-electron chi connectivity index (χ3n) is 1.19. The van der Waals surface area contributed by atoms with Crippen molar-refractivity contribution >= 4 is 12.1 Å². The van der Waals surface area contributed by atoms with E-state index < -0.39 is 17.7 Å². The van der Waals surface area contributed by atoms with E-state index in [0.717, 1.165) is 0 Å². The van der Waals surface area contributed by atoms with Gasteiger partial charge in [0, 0.05) is 0 Å². The molecule has 0 bridgehead atoms. The monoisotopic (exact) mass is 219 g/mol. The maximum Gasteiger partial charge on any atom is 0.431 e. The number of amides is 1. The summed E-state index contributed by atoms with van der Waals surface area (Å²) in [6.07, 6.45) is -0.612. The minimum Gasteiger partial charge on any atom is -0.469 e. The molecule has 0 spiro atoms. The van der Waals surface area contributed by atoms with E-state index in [1.807, 2.05) is 5.48 Å². The summed E-state index contributed by atoms with van der Waals surface area (Å²) in [5.74, 6) is -0.402. The van der Waals surface area contributed by atoms with Crippen LogP contribution in [0.5, 0.6) is 0 Å². The highest BCUT2D eigenvalue weighted by atomic mass is 16.7. The van der Waals surface area contributed by atoms with E-state index in [9.17, 15) is 9.59 Å². The number of carbonyl (C=O) groups is 2. The van der Waals surface area contributed by atoms with E-state index >= 15 is 0 Å². The maximum atomic E-state index is 11.0. The summed E-state index contributed by atoms with van der Waals surface area (Å²) < 4.78 is 9.25. The molecule has 0 aromatic carbocycles. The summed E-state index contributed by atoms with van der Waals surface area (Å²) in [6, 6.07) is 0. The lowest BCUT2D eigenvalue weighted by Gasteiger charge is -2.19. The second kappa shape index (κ2) is 6.23. The van der Waals surface area contributed by atoms with E-state index in [1.165, 1.54) is 7.11 Å². The lowest BCUT2D eigenvalue weighted by atomic mass is 10.2. The Morgan fingerprint density at radius 3 is 2.33 bits per heavy atom. The first-order valence-corrected chi connectivity index (χ1v) is 4.53. The molecule has 0 rings (SSSR count). The smallest absolute Gasteiger partial charge is 0.431 e. The fourth-order valence-corrected chi connectivity index (χ4v) is 0.645. The van der Waals surface area contributed by atoms with E-state index in [-0.39, 0.29) is 13.0 Å². The molecule has 6 heteroatoms. The molecule has 0 aliphatic carbocycles. The van der Waals surface area contributed by atoms with Crippen molar-refractivity contribution in [3.63, 3.8) is 0 Å². The van der Waals surface area contributed by atoms with E-state index in [2.05, 4.69) is 9.57 Å². The van der Waals surface area contributed by atoms with Gasteiger partial charge in [-0.15, -0.1) is 0 Å². The van der Waals surface area contributed by atoms with Gasteiger partial charge in [-0.2, -0.15) is 5.48 Å². The molecule has 0 aromatic heterocycles. The molecule has 6 nitrogen and oxygen atoms in total. The Morgan fingerprint density at radius 1 is 1.27 bits per heavy atom. The summed E-state index contributed by atoms with van der Waals surface area (Å²) in [4.78, 5) is 26.3. The zero-order chi connectivity index (χ0) is 11.9. The number of esters is 1. The highest BCUT2D eigenvalue weighted by Crippen LogP contribution is 2.06. The molecule has 0 atom stereocenters. The van der Waals surface area contributed by atoms with Crippen molar-refractivity contribution in [2.75, 3.05) is 13.7 Å². The van der Waals surface area contributed by atoms with Gasteiger partial charge in [0.15, 0.2) is 0 Å². The summed E-state index contributed by atoms with van der Waals surface area (Å²) >= 11 is 0. The Hall–Kier alpha value is -1.30. The van der Waals surface area contributed by atoms with Gasteiger partial charge in [0.2, 0.25) is 0 Å². The largest absolute Gasteiger partial charge is 0.469 e. The molecule has 0 aliphatic heterocycles. The van der Waals surface area contributed by atoms with Crippen LogP contribution in [0.2, 0.25) is 0 Å². The summed E-state index contributed by atoms with van der Waals surface area (Å²) in [6.45, 7) is 5.26. The first-order chi connectivity index (χ1) is 6.85. The van der Waals surface area contributed by atoms with E-state index in [0.29, 0.717) is 0 Å². The standard InChI is InChI=1S/C9H17NO5/c1-9(2,3)15-8(12)10-14-6-5-7(11)13-4/h5-6H2,1-4H3,(H,10,12). The predicted molar refractivity (Wildman–Crippen MR) is 52.0 cm³/mol. The minimum atomic E-state index is -0.688. The van der Waals surface area contributed by atoms with Crippen molar-refractivity contribution in [3.05, 3.63) is 0 Å². The number of carbonyl (C=O) groups excluding carboxylic acids is 2. The molecule has 0 aromatic rings. The zero-order valence-electron chi connectivity index (χ0n) is 9.46. The molecule has 1 amide bonds. The van der Waals surface area contributed by atoms with Gasteiger partial charge in [-0.3, -0.25) is 9.63 Å². The fourth-order valence-electron chi connectivity index (χ4n) is 0.645. The van der Waals surface area contributed by atoms with Crippen LogP contribution in [0.25, 0.3) is 0 Å². The molecule has 15 heavy (non-hydrogen) atoms. The van der Waals surface area contributed by atoms with Crippen molar-refractivity contribution in [1.29, 1.82) is 0 Å². The average molecular weight is 219 g/mol. The quantitative estimate of drug-likeness (QED) is 0.434. The predicted octanol–water partition coefficient (Wildman–Crippen LogP) is 1.01. The third-order valence-corrected chi connectivity index (χ3v) is 1.19. The number of rotatable bonds is 4. The third kappa shape index (κ3) is 9.01. The van der Waals surface area contributed by atoms with Gasteiger partial charge in [0.1, 0.15) is 5.60 Å². The van der Waals surface area contributed by atoms with Gasteiger partial charge in [-0.25, -0.2) is 4.79 Å². The minimum absolute atomic E-state index is 0.0475. The van der Waals surface area contributed by atoms with Crippen LogP contribution in [0.4, 0.5) is 4.79 Å². The number of hydrogen-bond donors (Lipinski definition) is 1. The van der Waals surface area contributed by atoms with Crippen LogP contribution in [0.3, 0.4) is 0 Å². The normalized spacial score (nSPS) is 10.7. The summed E-state index contributed by atoms with van der Waals surface area (Å²) in [5.41, 5.74) is 1.48. The van der Waals surface area contributed by atoms with Crippen molar-refractivity contribution < 1.29 is 23.9 Å². The Bertz CT molecular complexity index is 221. The molecule has 0 radical (unpaired) electrons. The molecule has 0 aliphatic rings. The number of hydrogen-bond acceptors (Lipinski definition) is 5. The molecular weight excluding hydrogens is 202 g/mol. The fraction of sp³-hybridized carbons (Fsp3) is 0.778. The Morgan fingerprint density at radius 2 is 1.87 bits per heavy atom. The van der Waals surface area contributed by atoms with Gasteiger partial charge in [0.05, 0.1) is 20.1 Å². The maximum absolute atomic E-state index is 11.0. The van der Waals surface area contributed by atoms with Gasteiger partial charge in [0.25, 0.3) is 0 Å². The molecule has 0 heterocycles. The van der Waals surface area contributed by atoms with Crippen molar-refractivity contribution in [1.82, 2.24) is 5.48 Å². The lowest BCUT2D eigenvalue weighted by molar-refractivity contribution is -0.142. The number of nitrogens with one attached hydrogen (secondary N) is 1. The first-order valence-electron chi connectivity index (χ1n) is 4.53. The van der Waals surface area contributed by atoms with Crippen molar-refractivity contribution in [2.45, 2.75) is 32.8 Å². The SMILES string of the molecule is COC(=O)CCONC(=O)OC(C)(C)C. The van der Waals surface area contributed by atoms with Crippen LogP contribution in [0, 0.1) is 0 Å². The summed E-state index contributed by atoms with van der Waals surface area (Å²) in [5, 5.41) is 0. The number of hydroxylamine groups is 1. The highest BCUT2D eigenvalue weighted by Gasteiger charge is 2.15. The van der Waals surface area contributed by atoms with Crippen molar-refractivity contribution in [3.8, 4) is 0 Å². The van der Waals surface area contributed by atoms with Gasteiger partial charge >= 0.3 is 12.1 Å². The van der Waals surface area contributed by atoms with Crippen LogP contribution in [-0.2, 0) is 19.1 Å². The Labute approximate surface area is 88.8 Å². The molecule has 1 N–H and O–H groups in total. The van der Waals surface area contributed by atoms with Crippen LogP contribution in [0.15, 0.2) is 0 Å². The number of ether oxygens (including phenoxy) is 2. The molecule has 0 unspecified atom stereocenters. The molecule has 0 saturated heterocycles. The molecule has 0 fully saturated rings. The molecular formula is C9H17NO5. The van der Waals surface area contributed by atoms with Crippen LogP contribution in [0.1, 0.15) is 27.2 Å². The topological polar surface area (TPSA) is 73.9 Å². The second-order valence-electron chi connectivity index (χ2n) is 3.78. The second-order valence-corrected chi connectivity index (χ2v) is 3.78. The zero-order valence-corrected chi connectivity index (χ0v) is 9.46. The van der Waals surface area contributed by atoms with E-state index in [1.54, 1.807) is 20.8 Å². The van der Waals surface area contributed by atoms with Gasteiger partial charge in [-0.1, -0.05) is 0 Å². The number of methoxy groups -OCH3 is 1. The Balaban J connectivity index is 3.52. The first kappa shape index (κ1) is 13.7. The lowest BCUT2D eigenvalue weighted by Crippen LogP contribution is -2.33. The van der Waals surface area contributed by atoms with E-state index in [4.69, 9.17) is 4.74 Å². The molecule has 0 saturated carbocycles.